The molecule has 0 aliphatic heterocycles. The number of hydrogen-bond acceptors (Lipinski definition) is 10. The zero-order valence-corrected chi connectivity index (χ0v) is 16.6. The van der Waals surface area contributed by atoms with Crippen LogP contribution >= 0.6 is 0 Å². The first-order valence-corrected chi connectivity index (χ1v) is 9.27. The standard InChI is InChI=1S/C19H14FN9O4/c20-13-3-1-2-12(8-13)10-22-24-19(30)16-15(9-11-4-6-14(7-5-11)29(31)32)28(27-23-16)18-17(21)25-33-26-18/h1-8,10H,9H2,(H2,21,25)(H,24,30). The lowest BCUT2D eigenvalue weighted by Gasteiger charge is -2.06. The summed E-state index contributed by atoms with van der Waals surface area (Å²) in [5.41, 5.74) is 9.17. The van der Waals surface area contributed by atoms with Crippen LogP contribution in [0, 0.1) is 15.9 Å². The Bertz CT molecular complexity index is 1350. The molecule has 14 heteroatoms. The molecular weight excluding hydrogens is 437 g/mol. The number of nitrogen functional groups attached to an aromatic ring is 1. The van der Waals surface area contributed by atoms with Crippen molar-refractivity contribution in [3.05, 3.63) is 87.0 Å². The van der Waals surface area contributed by atoms with Crippen molar-refractivity contribution in [1.82, 2.24) is 30.7 Å². The maximum atomic E-state index is 13.3. The number of nitro groups is 1. The first-order chi connectivity index (χ1) is 15.9. The molecule has 13 nitrogen and oxygen atoms in total. The number of nitro benzene ring substituents is 1. The highest BCUT2D eigenvalue weighted by atomic mass is 19.1. The number of halogens is 1. The number of carbonyl (C=O) groups is 1. The molecule has 4 aromatic rings. The molecule has 0 saturated carbocycles. The number of nitrogens with zero attached hydrogens (tertiary/aromatic N) is 7. The van der Waals surface area contributed by atoms with E-state index >= 15 is 0 Å². The van der Waals surface area contributed by atoms with Crippen LogP contribution in [0.2, 0.25) is 0 Å². The first-order valence-electron chi connectivity index (χ1n) is 9.27. The van der Waals surface area contributed by atoms with Crippen molar-refractivity contribution in [1.29, 1.82) is 0 Å². The number of benzene rings is 2. The van der Waals surface area contributed by atoms with Crippen molar-refractivity contribution < 1.29 is 18.7 Å². The molecule has 4 rings (SSSR count). The van der Waals surface area contributed by atoms with Gasteiger partial charge in [0.15, 0.2) is 5.69 Å². The number of amides is 1. The highest BCUT2D eigenvalue weighted by Crippen LogP contribution is 2.20. The van der Waals surface area contributed by atoms with Gasteiger partial charge in [0.05, 0.1) is 16.8 Å². The van der Waals surface area contributed by atoms with Crippen LogP contribution in [0.15, 0.2) is 58.3 Å². The predicted octanol–water partition coefficient (Wildman–Crippen LogP) is 1.63. The Kier molecular flexibility index (Phi) is 5.79. The normalized spacial score (nSPS) is 11.1. The molecule has 0 saturated heterocycles. The van der Waals surface area contributed by atoms with E-state index < -0.39 is 16.6 Å². The van der Waals surface area contributed by atoms with Crippen molar-refractivity contribution in [2.24, 2.45) is 5.10 Å². The summed E-state index contributed by atoms with van der Waals surface area (Å²) in [6, 6.07) is 11.4. The second-order valence-electron chi connectivity index (χ2n) is 6.62. The highest BCUT2D eigenvalue weighted by Gasteiger charge is 2.24. The van der Waals surface area contributed by atoms with Crippen LogP contribution in [0.5, 0.6) is 0 Å². The average molecular weight is 451 g/mol. The minimum absolute atomic E-state index is 0.0155. The molecule has 0 radical (unpaired) electrons. The third-order valence-electron chi connectivity index (χ3n) is 4.42. The van der Waals surface area contributed by atoms with Crippen LogP contribution in [-0.2, 0) is 6.42 Å². The monoisotopic (exact) mass is 451 g/mol. The molecular formula is C19H14FN9O4. The molecule has 0 unspecified atom stereocenters. The lowest BCUT2D eigenvalue weighted by atomic mass is 10.1. The van der Waals surface area contributed by atoms with Gasteiger partial charge in [0.2, 0.25) is 11.6 Å². The Labute approximate surface area is 183 Å². The van der Waals surface area contributed by atoms with E-state index in [9.17, 15) is 19.3 Å². The van der Waals surface area contributed by atoms with Gasteiger partial charge in [-0.05, 0) is 33.6 Å². The Morgan fingerprint density at radius 2 is 2.06 bits per heavy atom. The van der Waals surface area contributed by atoms with Gasteiger partial charge in [-0.15, -0.1) is 5.10 Å². The molecule has 3 N–H and O–H groups in total. The van der Waals surface area contributed by atoms with Gasteiger partial charge < -0.3 is 5.73 Å². The molecule has 0 spiro atoms. The Balaban J connectivity index is 1.63. The number of nitrogens with two attached hydrogens (primary N) is 1. The zero-order chi connectivity index (χ0) is 23.4. The summed E-state index contributed by atoms with van der Waals surface area (Å²) < 4.78 is 19.1. The summed E-state index contributed by atoms with van der Waals surface area (Å²) >= 11 is 0. The van der Waals surface area contributed by atoms with E-state index in [0.717, 1.165) is 0 Å². The van der Waals surface area contributed by atoms with E-state index in [2.05, 4.69) is 35.8 Å². The van der Waals surface area contributed by atoms with Gasteiger partial charge in [0.25, 0.3) is 11.6 Å². The van der Waals surface area contributed by atoms with Gasteiger partial charge >= 0.3 is 0 Å². The number of carbonyl (C=O) groups excluding carboxylic acids is 1. The van der Waals surface area contributed by atoms with Crippen molar-refractivity contribution in [2.45, 2.75) is 6.42 Å². The van der Waals surface area contributed by atoms with Crippen molar-refractivity contribution >= 4 is 23.6 Å². The Hall–Kier alpha value is -5.01. The summed E-state index contributed by atoms with van der Waals surface area (Å²) in [4.78, 5) is 23.1. The quantitative estimate of drug-likeness (QED) is 0.240. The lowest BCUT2D eigenvalue weighted by molar-refractivity contribution is -0.384. The lowest BCUT2D eigenvalue weighted by Crippen LogP contribution is -2.20. The number of anilines is 1. The fourth-order valence-electron chi connectivity index (χ4n) is 2.88. The SMILES string of the molecule is Nc1nonc1-n1nnc(C(=O)NN=Cc2cccc(F)c2)c1Cc1ccc([N+](=O)[O-])cc1. The Morgan fingerprint density at radius 3 is 2.73 bits per heavy atom. The number of hydrazone groups is 1. The minimum Gasteiger partial charge on any atom is -0.378 e. The third-order valence-corrected chi connectivity index (χ3v) is 4.42. The summed E-state index contributed by atoms with van der Waals surface area (Å²) in [7, 11) is 0. The number of hydrogen-bond donors (Lipinski definition) is 2. The number of aromatic nitrogens is 5. The maximum Gasteiger partial charge on any atom is 0.293 e. The summed E-state index contributed by atoms with van der Waals surface area (Å²) in [6.07, 6.45) is 1.36. The van der Waals surface area contributed by atoms with Crippen molar-refractivity contribution in [2.75, 3.05) is 5.73 Å². The van der Waals surface area contributed by atoms with Crippen LogP contribution in [0.1, 0.15) is 27.3 Å². The van der Waals surface area contributed by atoms with Crippen LogP contribution in [0.4, 0.5) is 15.9 Å². The molecule has 2 aromatic carbocycles. The molecule has 0 atom stereocenters. The molecule has 2 aromatic heterocycles. The second-order valence-corrected chi connectivity index (χ2v) is 6.62. The van der Waals surface area contributed by atoms with Gasteiger partial charge in [-0.3, -0.25) is 14.9 Å². The Morgan fingerprint density at radius 1 is 1.27 bits per heavy atom. The van der Waals surface area contributed by atoms with Crippen molar-refractivity contribution in [3.63, 3.8) is 0 Å². The molecule has 2 heterocycles. The molecule has 0 bridgehead atoms. The first kappa shape index (κ1) is 21.2. The summed E-state index contributed by atoms with van der Waals surface area (Å²) in [6.45, 7) is 0. The molecule has 0 aliphatic rings. The van der Waals surface area contributed by atoms with Crippen LogP contribution in [-0.4, -0.2) is 42.4 Å². The largest absolute Gasteiger partial charge is 0.378 e. The van der Waals surface area contributed by atoms with E-state index in [1.807, 2.05) is 0 Å². The molecule has 33 heavy (non-hydrogen) atoms. The van der Waals surface area contributed by atoms with Gasteiger partial charge in [0, 0.05) is 18.6 Å². The second kappa shape index (κ2) is 9.01. The van der Waals surface area contributed by atoms with E-state index in [4.69, 9.17) is 5.73 Å². The number of nitrogens with one attached hydrogen (secondary N) is 1. The zero-order valence-electron chi connectivity index (χ0n) is 16.6. The van der Waals surface area contributed by atoms with Crippen LogP contribution in [0.25, 0.3) is 5.82 Å². The topological polar surface area (TPSA) is 180 Å². The van der Waals surface area contributed by atoms with E-state index in [-0.39, 0.29) is 35.1 Å². The average Bonchev–Trinajstić information content (AvgIpc) is 3.40. The fourth-order valence-corrected chi connectivity index (χ4v) is 2.88. The summed E-state index contributed by atoms with van der Waals surface area (Å²) in [5.74, 6) is -1.22. The third kappa shape index (κ3) is 4.68. The van der Waals surface area contributed by atoms with E-state index in [1.54, 1.807) is 6.07 Å². The molecule has 1 amide bonds. The fraction of sp³-hybridized carbons (Fsp3) is 0.0526. The summed E-state index contributed by atoms with van der Waals surface area (Å²) in [5, 5.41) is 29.7. The number of rotatable bonds is 7. The van der Waals surface area contributed by atoms with Crippen molar-refractivity contribution in [3.8, 4) is 5.82 Å². The highest BCUT2D eigenvalue weighted by molar-refractivity contribution is 5.94. The van der Waals surface area contributed by atoms with Gasteiger partial charge in [-0.2, -0.15) is 9.78 Å². The molecule has 0 aliphatic carbocycles. The predicted molar refractivity (Wildman–Crippen MR) is 111 cm³/mol. The minimum atomic E-state index is -0.708. The van der Waals surface area contributed by atoms with E-state index in [0.29, 0.717) is 11.1 Å². The van der Waals surface area contributed by atoms with Gasteiger partial charge in [-0.25, -0.2) is 14.4 Å². The van der Waals surface area contributed by atoms with Crippen LogP contribution < -0.4 is 11.2 Å². The number of non-ortho nitro benzene ring substituents is 1. The van der Waals surface area contributed by atoms with Gasteiger partial charge in [0.1, 0.15) is 5.82 Å². The van der Waals surface area contributed by atoms with Crippen LogP contribution in [0.3, 0.4) is 0 Å². The maximum absolute atomic E-state index is 13.3. The smallest absolute Gasteiger partial charge is 0.293 e. The van der Waals surface area contributed by atoms with Gasteiger partial charge in [-0.1, -0.05) is 29.5 Å². The van der Waals surface area contributed by atoms with E-state index in [1.165, 1.54) is 53.4 Å². The molecule has 166 valence electrons. The molecule has 0 fully saturated rings.